The Kier molecular flexibility index (Phi) is 17.5. The van der Waals surface area contributed by atoms with Gasteiger partial charge < -0.3 is 29.0 Å². The Hall–Kier alpha value is -3.45. The second-order valence-electron chi connectivity index (χ2n) is 10.1. The second-order valence-corrected chi connectivity index (χ2v) is 14.2. The van der Waals surface area contributed by atoms with Crippen LogP contribution in [0, 0.1) is 14.7 Å². The largest absolute Gasteiger partial charge is 1.00 e. The van der Waals surface area contributed by atoms with Crippen LogP contribution in [0.2, 0.25) is 0 Å². The zero-order valence-corrected chi connectivity index (χ0v) is 34.9. The van der Waals surface area contributed by atoms with Gasteiger partial charge in [0.05, 0.1) is 14.7 Å². The molecule has 0 aromatic heterocycles. The molecule has 0 saturated heterocycles. The van der Waals surface area contributed by atoms with E-state index in [-0.39, 0.29) is 127 Å². The van der Waals surface area contributed by atoms with Crippen molar-refractivity contribution in [3.8, 4) is 17.2 Å². The summed E-state index contributed by atoms with van der Waals surface area (Å²) in [5.74, 6) is -0.902. The van der Waals surface area contributed by atoms with E-state index in [9.17, 15) is 69.0 Å². The van der Waals surface area contributed by atoms with Gasteiger partial charge in [-0.3, -0.25) is 0 Å². The van der Waals surface area contributed by atoms with Gasteiger partial charge >= 0.3 is 59.1 Å². The molecule has 6 rings (SSSR count). The molecule has 0 saturated carbocycles. The molecule has 0 amide bonds. The van der Waals surface area contributed by atoms with Crippen molar-refractivity contribution in [2.45, 2.75) is 14.7 Å². The molecule has 0 bridgehead atoms. The number of phenolic OH excluding ortho intramolecular Hbond substituents is 3. The average molecular weight is 859 g/mol. The maximum absolute atomic E-state index is 10.8. The standard InChI is InChI=1S/3C10H7NO5S.Fe.2Na/c3*12-9-4-1-6-5-7(17(14,15)16)2-3-8(6)10(9)11-13;;;/h3*1-5,12H,(H,14,15,16);;;/q;;;;2*+1/p-3. The molecule has 3 N–H and O–H groups in total. The molecular weight excluding hydrogens is 840 g/mol. The van der Waals surface area contributed by atoms with E-state index >= 15 is 0 Å². The molecule has 6 aromatic carbocycles. The molecule has 0 heterocycles. The second kappa shape index (κ2) is 19.4. The van der Waals surface area contributed by atoms with Crippen molar-refractivity contribution in [1.82, 2.24) is 0 Å². The Labute approximate surface area is 359 Å². The summed E-state index contributed by atoms with van der Waals surface area (Å²) < 4.78 is 97.3. The van der Waals surface area contributed by atoms with E-state index in [1.807, 2.05) is 0 Å². The number of rotatable bonds is 6. The fraction of sp³-hybridized carbons (Fsp3) is 0. The smallest absolute Gasteiger partial charge is 0.744 e. The number of hydrogen-bond donors (Lipinski definition) is 3. The molecule has 18 nitrogen and oxygen atoms in total. The van der Waals surface area contributed by atoms with Crippen LogP contribution in [0.25, 0.3) is 32.3 Å². The number of nitrogens with zero attached hydrogens (tertiary/aromatic N) is 3. The van der Waals surface area contributed by atoms with Crippen molar-refractivity contribution < 1.29 is 130 Å². The topological polar surface area (TPSA) is 321 Å². The fourth-order valence-corrected chi connectivity index (χ4v) is 6.11. The fourth-order valence-electron chi connectivity index (χ4n) is 4.59. The first-order chi connectivity index (χ1) is 23.8. The van der Waals surface area contributed by atoms with E-state index in [1.165, 1.54) is 54.6 Å². The number of phenols is 3. The molecule has 0 unspecified atom stereocenters. The van der Waals surface area contributed by atoms with Crippen molar-refractivity contribution >= 4 is 79.7 Å². The van der Waals surface area contributed by atoms with Crippen molar-refractivity contribution in [1.29, 1.82) is 0 Å². The zero-order chi connectivity index (χ0) is 37.9. The molecule has 0 aliphatic rings. The number of nitroso groups, excluding NO2 is 3. The van der Waals surface area contributed by atoms with E-state index in [1.54, 1.807) is 0 Å². The summed E-state index contributed by atoms with van der Waals surface area (Å²) in [6, 6.07) is 18.2. The van der Waals surface area contributed by atoms with Gasteiger partial charge in [-0.15, -0.1) is 14.7 Å². The van der Waals surface area contributed by atoms with E-state index in [0.29, 0.717) is 16.2 Å². The van der Waals surface area contributed by atoms with Gasteiger partial charge in [0.1, 0.15) is 47.6 Å². The minimum atomic E-state index is -4.55. The van der Waals surface area contributed by atoms with Crippen molar-refractivity contribution in [3.05, 3.63) is 106 Å². The first-order valence-corrected chi connectivity index (χ1v) is 17.7. The molecule has 0 fully saturated rings. The molecule has 6 aromatic rings. The molecule has 24 heteroatoms. The predicted octanol–water partition coefficient (Wildman–Crippen LogP) is -0.452. The summed E-state index contributed by atoms with van der Waals surface area (Å²) in [5, 5.41) is 38.0. The van der Waals surface area contributed by atoms with Crippen LogP contribution in [-0.2, 0) is 47.4 Å². The van der Waals surface area contributed by atoms with Gasteiger partial charge in [0, 0.05) is 33.2 Å². The van der Waals surface area contributed by atoms with Crippen molar-refractivity contribution in [2.24, 2.45) is 15.5 Å². The molecule has 0 radical (unpaired) electrons. The Morgan fingerprint density at radius 3 is 0.815 bits per heavy atom. The van der Waals surface area contributed by atoms with Gasteiger partial charge in [-0.1, -0.05) is 36.4 Å². The number of hydrogen-bond acceptors (Lipinski definition) is 18. The number of benzene rings is 6. The molecule has 54 heavy (non-hydrogen) atoms. The first kappa shape index (κ1) is 48.6. The molecule has 0 aliphatic heterocycles. The van der Waals surface area contributed by atoms with E-state index in [0.717, 1.165) is 36.4 Å². The summed E-state index contributed by atoms with van der Waals surface area (Å²) in [5.41, 5.74) is -0.549. The Morgan fingerprint density at radius 1 is 0.407 bits per heavy atom. The van der Waals surface area contributed by atoms with Gasteiger partial charge in [0.25, 0.3) is 0 Å². The molecule has 0 atom stereocenters. The normalized spacial score (nSPS) is 10.9. The molecule has 0 aliphatic carbocycles. The van der Waals surface area contributed by atoms with Crippen LogP contribution in [0.15, 0.2) is 121 Å². The van der Waals surface area contributed by atoms with Crippen LogP contribution in [0.5, 0.6) is 17.2 Å². The van der Waals surface area contributed by atoms with Crippen LogP contribution in [0.4, 0.5) is 17.1 Å². The SMILES string of the molecule is O=Nc1c(O)ccc2cc(S(=O)(=O)[O-])ccc12.O=Nc1c(O)ccc2cc(S(=O)(=O)[O-])ccc12.O=Nc1c(O)ccc2cc(S(=O)(=O)[O-])ccc12.[Fe].[Na+].[Na+]. The van der Waals surface area contributed by atoms with Gasteiger partial charge in [0.2, 0.25) is 0 Å². The molecule has 0 spiro atoms. The van der Waals surface area contributed by atoms with Gasteiger partial charge in [-0.05, 0) is 86.3 Å². The third-order valence-electron chi connectivity index (χ3n) is 6.96. The third kappa shape index (κ3) is 11.3. The Bertz CT molecular complexity index is 2440. The maximum atomic E-state index is 10.8. The summed E-state index contributed by atoms with van der Waals surface area (Å²) in [6.45, 7) is 0. The maximum Gasteiger partial charge on any atom is 1.00 e. The Balaban J connectivity index is 0.000000394. The minimum Gasteiger partial charge on any atom is -0.744 e. The van der Waals surface area contributed by atoms with Crippen molar-refractivity contribution in [3.63, 3.8) is 0 Å². The summed E-state index contributed by atoms with van der Waals surface area (Å²) in [6.07, 6.45) is 0. The first-order valence-electron chi connectivity index (χ1n) is 13.4. The minimum absolute atomic E-state index is 0. The van der Waals surface area contributed by atoms with Crippen molar-refractivity contribution in [2.75, 3.05) is 0 Å². The Morgan fingerprint density at radius 2 is 0.630 bits per heavy atom. The van der Waals surface area contributed by atoms with Gasteiger partial charge in [0.15, 0.2) is 17.1 Å². The average Bonchev–Trinajstić information content (AvgIpc) is 3.07. The number of fused-ring (bicyclic) bond motifs is 3. The number of aromatic hydroxyl groups is 3. The van der Waals surface area contributed by atoms with Crippen LogP contribution in [0.1, 0.15) is 0 Å². The van der Waals surface area contributed by atoms with E-state index in [4.69, 9.17) is 0 Å². The van der Waals surface area contributed by atoms with Crippen LogP contribution >= 0.6 is 0 Å². The summed E-state index contributed by atoms with van der Waals surface area (Å²) in [4.78, 5) is 30.4. The predicted molar refractivity (Wildman–Crippen MR) is 177 cm³/mol. The monoisotopic (exact) mass is 858 g/mol. The van der Waals surface area contributed by atoms with Crippen LogP contribution < -0.4 is 59.1 Å². The molecule has 272 valence electrons. The summed E-state index contributed by atoms with van der Waals surface area (Å²) >= 11 is 0. The van der Waals surface area contributed by atoms with Crippen LogP contribution in [0.3, 0.4) is 0 Å². The molecular formula is C30H18FeN3Na2O15S3-. The van der Waals surface area contributed by atoms with Gasteiger partial charge in [-0.25, -0.2) is 25.3 Å². The summed E-state index contributed by atoms with van der Waals surface area (Å²) in [7, 11) is -13.6. The van der Waals surface area contributed by atoms with Crippen LogP contribution in [-0.4, -0.2) is 54.2 Å². The zero-order valence-electron chi connectivity index (χ0n) is 27.3. The quantitative estimate of drug-likeness (QED) is 0.108. The third-order valence-corrected chi connectivity index (χ3v) is 9.46. The van der Waals surface area contributed by atoms with Gasteiger partial charge in [-0.2, -0.15) is 0 Å². The van der Waals surface area contributed by atoms with E-state index < -0.39 is 45.0 Å². The van der Waals surface area contributed by atoms with E-state index in [2.05, 4.69) is 15.5 Å².